The van der Waals surface area contributed by atoms with Crippen molar-refractivity contribution in [2.75, 3.05) is 19.6 Å². The van der Waals surface area contributed by atoms with Gasteiger partial charge >= 0.3 is 5.69 Å². The van der Waals surface area contributed by atoms with Crippen molar-refractivity contribution in [3.63, 3.8) is 0 Å². The van der Waals surface area contributed by atoms with Crippen molar-refractivity contribution >= 4 is 11.6 Å². The van der Waals surface area contributed by atoms with Gasteiger partial charge < -0.3 is 4.90 Å². The highest BCUT2D eigenvalue weighted by atomic mass is 35.5. The predicted octanol–water partition coefficient (Wildman–Crippen LogP) is 2.05. The molecule has 1 heterocycles. The molecule has 1 N–H and O–H groups in total. The summed E-state index contributed by atoms with van der Waals surface area (Å²) in [5.74, 6) is -0.0131. The smallest absolute Gasteiger partial charge is 0.304 e. The van der Waals surface area contributed by atoms with Crippen LogP contribution in [0.4, 0.5) is 0 Å². The first-order chi connectivity index (χ1) is 9.42. The molecule has 114 valence electrons. The average molecular weight is 302 g/mol. The Bertz CT molecular complexity index is 544. The molecule has 0 atom stereocenters. The molecule has 1 rings (SSSR count). The van der Waals surface area contributed by atoms with Gasteiger partial charge in [-0.15, -0.1) is 0 Å². The highest BCUT2D eigenvalue weighted by molar-refractivity contribution is 6.30. The average Bonchev–Trinajstić information content (AvgIpc) is 2.37. The topological polar surface area (TPSA) is 58.1 Å². The molecular formula is C14H24ClN3O2. The van der Waals surface area contributed by atoms with Crippen LogP contribution in [0.3, 0.4) is 0 Å². The lowest BCUT2D eigenvalue weighted by atomic mass is 10.1. The van der Waals surface area contributed by atoms with Gasteiger partial charge in [-0.25, -0.2) is 4.79 Å². The molecule has 0 amide bonds. The minimum atomic E-state index is -0.427. The molecule has 0 bridgehead atoms. The Hall–Kier alpha value is -1.07. The van der Waals surface area contributed by atoms with E-state index in [4.69, 9.17) is 11.6 Å². The fourth-order valence-corrected chi connectivity index (χ4v) is 2.64. The van der Waals surface area contributed by atoms with Crippen LogP contribution in [0, 0.1) is 0 Å². The summed E-state index contributed by atoms with van der Waals surface area (Å²) >= 11 is 5.95. The standard InChI is InChI=1S/C14H24ClN3O2/c1-5-17(6-2)8-7-9-18-13(19)11(10(3)4)12(15)16-14(18)20/h10H,5-9H2,1-4H3,(H,16,20). The second-order valence-corrected chi connectivity index (χ2v) is 5.53. The van der Waals surface area contributed by atoms with Gasteiger partial charge in [0.1, 0.15) is 5.15 Å². The van der Waals surface area contributed by atoms with Gasteiger partial charge in [-0.2, -0.15) is 0 Å². The number of aromatic amines is 1. The Balaban J connectivity index is 2.94. The molecule has 0 aliphatic rings. The molecule has 0 unspecified atom stereocenters. The van der Waals surface area contributed by atoms with Crippen molar-refractivity contribution in [2.45, 2.75) is 46.6 Å². The molecule has 1 aromatic rings. The number of nitrogens with zero attached hydrogens (tertiary/aromatic N) is 2. The van der Waals surface area contributed by atoms with Crippen molar-refractivity contribution in [3.8, 4) is 0 Å². The zero-order valence-electron chi connectivity index (χ0n) is 12.7. The Morgan fingerprint density at radius 1 is 1.25 bits per heavy atom. The van der Waals surface area contributed by atoms with Crippen LogP contribution in [0.1, 0.15) is 45.6 Å². The third kappa shape index (κ3) is 3.96. The Morgan fingerprint density at radius 2 is 1.85 bits per heavy atom. The third-order valence-electron chi connectivity index (χ3n) is 3.50. The molecule has 0 fully saturated rings. The Kier molecular flexibility index (Phi) is 6.49. The lowest BCUT2D eigenvalue weighted by molar-refractivity contribution is 0.291. The Labute approximate surface area is 124 Å². The van der Waals surface area contributed by atoms with E-state index in [0.29, 0.717) is 12.1 Å². The fraction of sp³-hybridized carbons (Fsp3) is 0.714. The summed E-state index contributed by atoms with van der Waals surface area (Å²) in [5, 5.41) is 0.162. The van der Waals surface area contributed by atoms with Gasteiger partial charge in [0.05, 0.1) is 5.56 Å². The molecular weight excluding hydrogens is 278 g/mol. The summed E-state index contributed by atoms with van der Waals surface area (Å²) in [6, 6.07) is 0. The van der Waals surface area contributed by atoms with Crippen molar-refractivity contribution < 1.29 is 0 Å². The maximum Gasteiger partial charge on any atom is 0.329 e. The van der Waals surface area contributed by atoms with Gasteiger partial charge in [-0.05, 0) is 32.0 Å². The van der Waals surface area contributed by atoms with Crippen molar-refractivity contribution in [2.24, 2.45) is 0 Å². The van der Waals surface area contributed by atoms with Crippen molar-refractivity contribution in [1.29, 1.82) is 0 Å². The highest BCUT2D eigenvalue weighted by Gasteiger charge is 2.15. The molecule has 0 aliphatic heterocycles. The summed E-state index contributed by atoms with van der Waals surface area (Å²) in [7, 11) is 0. The van der Waals surface area contributed by atoms with E-state index in [2.05, 4.69) is 23.7 Å². The first kappa shape index (κ1) is 17.0. The molecule has 1 aromatic heterocycles. The van der Waals surface area contributed by atoms with Crippen LogP contribution in [-0.4, -0.2) is 34.1 Å². The van der Waals surface area contributed by atoms with Crippen molar-refractivity contribution in [1.82, 2.24) is 14.5 Å². The molecule has 0 saturated heterocycles. The second kappa shape index (κ2) is 7.64. The van der Waals surface area contributed by atoms with Crippen LogP contribution < -0.4 is 11.2 Å². The summed E-state index contributed by atoms with van der Waals surface area (Å²) in [4.78, 5) is 29.0. The Morgan fingerprint density at radius 3 is 2.35 bits per heavy atom. The number of nitrogens with one attached hydrogen (secondary N) is 1. The quantitative estimate of drug-likeness (QED) is 0.784. The van der Waals surface area contributed by atoms with E-state index in [1.807, 2.05) is 13.8 Å². The zero-order valence-corrected chi connectivity index (χ0v) is 13.5. The number of halogens is 1. The first-order valence-electron chi connectivity index (χ1n) is 7.17. The third-order valence-corrected chi connectivity index (χ3v) is 3.80. The summed E-state index contributed by atoms with van der Waals surface area (Å²) in [6.07, 6.45) is 0.768. The minimum absolute atomic E-state index is 0.0131. The van der Waals surface area contributed by atoms with Crippen molar-refractivity contribution in [3.05, 3.63) is 31.6 Å². The van der Waals surface area contributed by atoms with Crippen LogP contribution >= 0.6 is 11.6 Å². The summed E-state index contributed by atoms with van der Waals surface area (Å²) in [6.45, 7) is 11.2. The second-order valence-electron chi connectivity index (χ2n) is 5.15. The van der Waals surface area contributed by atoms with Gasteiger partial charge in [0.2, 0.25) is 0 Å². The molecule has 0 saturated carbocycles. The largest absolute Gasteiger partial charge is 0.329 e. The maximum absolute atomic E-state index is 12.3. The van der Waals surface area contributed by atoms with Crippen LogP contribution in [0.5, 0.6) is 0 Å². The van der Waals surface area contributed by atoms with Crippen LogP contribution in [0.2, 0.25) is 5.15 Å². The number of H-pyrrole nitrogens is 1. The monoisotopic (exact) mass is 301 g/mol. The van der Waals surface area contributed by atoms with E-state index in [0.717, 1.165) is 26.1 Å². The van der Waals surface area contributed by atoms with Gasteiger partial charge in [0.25, 0.3) is 5.56 Å². The molecule has 0 radical (unpaired) electrons. The number of hydrogen-bond donors (Lipinski definition) is 1. The molecule has 6 heteroatoms. The van der Waals surface area contributed by atoms with Crippen LogP contribution in [0.25, 0.3) is 0 Å². The summed E-state index contributed by atoms with van der Waals surface area (Å²) in [5.41, 5.74) is -0.216. The highest BCUT2D eigenvalue weighted by Crippen LogP contribution is 2.16. The van der Waals surface area contributed by atoms with E-state index < -0.39 is 5.69 Å². The first-order valence-corrected chi connectivity index (χ1v) is 7.54. The van der Waals surface area contributed by atoms with Gasteiger partial charge in [0, 0.05) is 6.54 Å². The van der Waals surface area contributed by atoms with E-state index in [-0.39, 0.29) is 16.6 Å². The fourth-order valence-electron chi connectivity index (χ4n) is 2.26. The molecule has 0 aromatic carbocycles. The number of hydrogen-bond acceptors (Lipinski definition) is 3. The van der Waals surface area contributed by atoms with Gasteiger partial charge in [-0.3, -0.25) is 14.3 Å². The number of rotatable bonds is 7. The van der Waals surface area contributed by atoms with E-state index in [9.17, 15) is 9.59 Å². The van der Waals surface area contributed by atoms with E-state index >= 15 is 0 Å². The molecule has 0 spiro atoms. The maximum atomic E-state index is 12.3. The number of aromatic nitrogens is 2. The van der Waals surface area contributed by atoms with E-state index in [1.54, 1.807) is 0 Å². The molecule has 5 nitrogen and oxygen atoms in total. The normalized spacial score (nSPS) is 11.6. The van der Waals surface area contributed by atoms with Crippen LogP contribution in [-0.2, 0) is 6.54 Å². The molecule has 20 heavy (non-hydrogen) atoms. The molecule has 0 aliphatic carbocycles. The minimum Gasteiger partial charge on any atom is -0.304 e. The van der Waals surface area contributed by atoms with Gasteiger partial charge in [-0.1, -0.05) is 39.3 Å². The van der Waals surface area contributed by atoms with E-state index in [1.165, 1.54) is 4.57 Å². The zero-order chi connectivity index (χ0) is 15.3. The van der Waals surface area contributed by atoms with Crippen LogP contribution in [0.15, 0.2) is 9.59 Å². The summed E-state index contributed by atoms with van der Waals surface area (Å²) < 4.78 is 1.25. The predicted molar refractivity (Wildman–Crippen MR) is 82.8 cm³/mol. The lowest BCUT2D eigenvalue weighted by Gasteiger charge is -2.18. The SMILES string of the molecule is CCN(CC)CCCn1c(=O)[nH]c(Cl)c(C(C)C)c1=O. The lowest BCUT2D eigenvalue weighted by Crippen LogP contribution is -2.38. The van der Waals surface area contributed by atoms with Gasteiger partial charge in [0.15, 0.2) is 0 Å².